The highest BCUT2D eigenvalue weighted by Gasteiger charge is 2.19. The molecule has 0 aromatic carbocycles. The summed E-state index contributed by atoms with van der Waals surface area (Å²) in [5.41, 5.74) is 0. The molecule has 0 atom stereocenters. The highest BCUT2D eigenvalue weighted by molar-refractivity contribution is 6.60. The molecule has 0 aliphatic rings. The van der Waals surface area contributed by atoms with Crippen molar-refractivity contribution in [2.75, 3.05) is 0 Å². The molecule has 0 aliphatic heterocycles. The van der Waals surface area contributed by atoms with E-state index >= 15 is 0 Å². The largest absolute Gasteiger partial charge is 0.264 e. The first-order valence-corrected chi connectivity index (χ1v) is 6.87. The first-order chi connectivity index (χ1) is 4.57. The van der Waals surface area contributed by atoms with Crippen LogP contribution in [0.4, 0.5) is 0 Å². The van der Waals surface area contributed by atoms with E-state index in [1.807, 2.05) is 0 Å². The second kappa shape index (κ2) is 5.22. The maximum absolute atomic E-state index is 2.39. The van der Waals surface area contributed by atoms with Gasteiger partial charge in [0.05, 0.1) is 0 Å². The van der Waals surface area contributed by atoms with Crippen molar-refractivity contribution in [2.45, 2.75) is 50.0 Å². The number of hydrogen-bond donors (Lipinski definition) is 0. The van der Waals surface area contributed by atoms with Crippen molar-refractivity contribution in [3.63, 3.8) is 0 Å². The van der Waals surface area contributed by atoms with Crippen molar-refractivity contribution in [1.82, 2.24) is 0 Å². The molecule has 0 rings (SSSR count). The quantitative estimate of drug-likeness (QED) is 0.546. The molecule has 10 heavy (non-hydrogen) atoms. The van der Waals surface area contributed by atoms with Gasteiger partial charge in [-0.15, -0.1) is 0 Å². The van der Waals surface area contributed by atoms with Crippen molar-refractivity contribution in [1.29, 1.82) is 0 Å². The van der Waals surface area contributed by atoms with Gasteiger partial charge in [-0.25, -0.2) is 0 Å². The van der Waals surface area contributed by atoms with E-state index in [-0.39, 0.29) is 14.1 Å². The van der Waals surface area contributed by atoms with Crippen LogP contribution in [0, 0.1) is 5.92 Å². The van der Waals surface area contributed by atoms with Crippen molar-refractivity contribution < 1.29 is 0 Å². The summed E-state index contributed by atoms with van der Waals surface area (Å²) >= 11 is -0.344. The van der Waals surface area contributed by atoms with E-state index in [2.05, 4.69) is 34.6 Å². The third-order valence-electron chi connectivity index (χ3n) is 2.24. The molecule has 0 unspecified atom stereocenters. The van der Waals surface area contributed by atoms with Crippen molar-refractivity contribution in [3.8, 4) is 0 Å². The molecular weight excluding hydrogens is 135 g/mol. The lowest BCUT2D eigenvalue weighted by Gasteiger charge is -2.14. The maximum Gasteiger partial charge on any atom is 0.264 e. The Labute approximate surface area is 70.4 Å². The molecule has 0 fully saturated rings. The summed E-state index contributed by atoms with van der Waals surface area (Å²) in [6, 6.07) is 0. The van der Waals surface area contributed by atoms with E-state index in [1.165, 1.54) is 10.6 Å². The lowest BCUT2D eigenvalue weighted by atomic mass is 10.3. The van der Waals surface area contributed by atoms with Gasteiger partial charge in [0, 0.05) is 0 Å². The van der Waals surface area contributed by atoms with E-state index in [0.717, 1.165) is 10.7 Å². The average Bonchev–Trinajstić information content (AvgIpc) is 1.81. The van der Waals surface area contributed by atoms with Crippen LogP contribution in [0.25, 0.3) is 0 Å². The van der Waals surface area contributed by atoms with E-state index in [1.54, 1.807) is 0 Å². The summed E-state index contributed by atoms with van der Waals surface area (Å²) in [6.07, 6.45) is 0. The monoisotopic (exact) mass is 156 g/mol. The van der Waals surface area contributed by atoms with Crippen molar-refractivity contribution >= 4 is 14.1 Å². The Morgan fingerprint density at radius 2 is 1.60 bits per heavy atom. The first kappa shape index (κ1) is 10.5. The molecular formula is C9H21Al. The zero-order valence-corrected chi connectivity index (χ0v) is 9.30. The van der Waals surface area contributed by atoms with Crippen molar-refractivity contribution in [3.05, 3.63) is 0 Å². The topological polar surface area (TPSA) is 0 Å². The molecule has 0 nitrogen and oxygen atoms in total. The van der Waals surface area contributed by atoms with Crippen LogP contribution in [0.5, 0.6) is 0 Å². The fraction of sp³-hybridized carbons (Fsp3) is 1.00. The fourth-order valence-electron chi connectivity index (χ4n) is 1.52. The second-order valence-electron chi connectivity index (χ2n) is 4.04. The van der Waals surface area contributed by atoms with Gasteiger partial charge in [-0.1, -0.05) is 55.9 Å². The van der Waals surface area contributed by atoms with Crippen LogP contribution in [-0.2, 0) is 0 Å². The summed E-state index contributed by atoms with van der Waals surface area (Å²) in [5.74, 6) is 0.930. The molecule has 0 saturated heterocycles. The Morgan fingerprint density at radius 1 is 1.10 bits per heavy atom. The molecule has 0 N–H and O–H groups in total. The third kappa shape index (κ3) is 4.36. The van der Waals surface area contributed by atoms with Crippen LogP contribution in [0.2, 0.25) is 15.3 Å². The summed E-state index contributed by atoms with van der Waals surface area (Å²) in [4.78, 5) is 0. The van der Waals surface area contributed by atoms with Gasteiger partial charge in [-0.2, -0.15) is 0 Å². The van der Waals surface area contributed by atoms with E-state index in [9.17, 15) is 0 Å². The van der Waals surface area contributed by atoms with Crippen LogP contribution >= 0.6 is 0 Å². The molecule has 0 spiro atoms. The predicted molar refractivity (Wildman–Crippen MR) is 51.0 cm³/mol. The van der Waals surface area contributed by atoms with Crippen LogP contribution in [0.3, 0.4) is 0 Å². The molecule has 0 aromatic rings. The van der Waals surface area contributed by atoms with Gasteiger partial charge >= 0.3 is 0 Å². The summed E-state index contributed by atoms with van der Waals surface area (Å²) < 4.78 is 1.01. The summed E-state index contributed by atoms with van der Waals surface area (Å²) in [6.45, 7) is 11.8. The molecule has 0 bridgehead atoms. The van der Waals surface area contributed by atoms with Crippen molar-refractivity contribution in [2.24, 2.45) is 5.92 Å². The Kier molecular flexibility index (Phi) is 5.50. The highest BCUT2D eigenvalue weighted by atomic mass is 27.2. The summed E-state index contributed by atoms with van der Waals surface area (Å²) in [7, 11) is 0. The standard InChI is InChI=1S/C4H9.C3H7.C2H5.Al/c1-4(2)3;1-3-2;1-2;/h4H,1H2,2-3H3;3H,1-2H3;1H2,2H3;. The summed E-state index contributed by atoms with van der Waals surface area (Å²) in [5, 5.41) is 3.02. The van der Waals surface area contributed by atoms with Gasteiger partial charge in [0.1, 0.15) is 0 Å². The number of rotatable bonds is 4. The van der Waals surface area contributed by atoms with Gasteiger partial charge in [0.2, 0.25) is 0 Å². The van der Waals surface area contributed by atoms with Crippen LogP contribution < -0.4 is 0 Å². The molecule has 0 radical (unpaired) electrons. The highest BCUT2D eigenvalue weighted by Crippen LogP contribution is 2.19. The molecule has 0 amide bonds. The zero-order chi connectivity index (χ0) is 8.15. The minimum absolute atomic E-state index is 0.344. The molecule has 1 heteroatoms. The Hall–Kier alpha value is 0.532. The Bertz CT molecular complexity index is 76.8. The smallest absolute Gasteiger partial charge is 0.0966 e. The Morgan fingerprint density at radius 3 is 1.70 bits per heavy atom. The minimum Gasteiger partial charge on any atom is -0.0966 e. The lowest BCUT2D eigenvalue weighted by Crippen LogP contribution is -2.17. The van der Waals surface area contributed by atoms with Gasteiger partial charge in [-0.3, -0.25) is 0 Å². The van der Waals surface area contributed by atoms with Gasteiger partial charge in [0.15, 0.2) is 0 Å². The fourth-order valence-corrected chi connectivity index (χ4v) is 4.55. The normalized spacial score (nSPS) is 11.1. The molecule has 0 saturated carbocycles. The SMILES string of the molecule is C[CH2][Al]([CH2]C(C)C)[CH](C)C. The van der Waals surface area contributed by atoms with Gasteiger partial charge in [0.25, 0.3) is 14.1 Å². The molecule has 60 valence electrons. The van der Waals surface area contributed by atoms with E-state index < -0.39 is 0 Å². The predicted octanol–water partition coefficient (Wildman–Crippen LogP) is 3.57. The average molecular weight is 156 g/mol. The molecule has 0 aliphatic carbocycles. The van der Waals surface area contributed by atoms with Crippen LogP contribution in [-0.4, -0.2) is 14.1 Å². The molecule has 0 aromatic heterocycles. The number of hydrogen-bond acceptors (Lipinski definition) is 0. The minimum atomic E-state index is -0.344. The van der Waals surface area contributed by atoms with Crippen LogP contribution in [0.15, 0.2) is 0 Å². The van der Waals surface area contributed by atoms with Crippen LogP contribution in [0.1, 0.15) is 34.6 Å². The first-order valence-electron chi connectivity index (χ1n) is 4.57. The lowest BCUT2D eigenvalue weighted by molar-refractivity contribution is 0.715. The van der Waals surface area contributed by atoms with E-state index in [4.69, 9.17) is 0 Å². The van der Waals surface area contributed by atoms with Gasteiger partial charge < -0.3 is 0 Å². The van der Waals surface area contributed by atoms with E-state index in [0.29, 0.717) is 0 Å². The van der Waals surface area contributed by atoms with Gasteiger partial charge in [-0.05, 0) is 0 Å². The molecule has 0 heterocycles. The zero-order valence-electron chi connectivity index (χ0n) is 8.15. The second-order valence-corrected chi connectivity index (χ2v) is 8.18. The third-order valence-corrected chi connectivity index (χ3v) is 6.72. The maximum atomic E-state index is 2.39. The Balaban J connectivity index is 3.60.